The van der Waals surface area contributed by atoms with E-state index in [0.717, 1.165) is 0 Å². The van der Waals surface area contributed by atoms with Crippen molar-refractivity contribution in [2.45, 2.75) is 37.0 Å². The van der Waals surface area contributed by atoms with Crippen molar-refractivity contribution in [2.24, 2.45) is 0 Å². The highest BCUT2D eigenvalue weighted by Crippen LogP contribution is 2.29. The number of hydrogen-bond acceptors (Lipinski definition) is 7. The molecule has 0 aliphatic heterocycles. The lowest BCUT2D eigenvalue weighted by molar-refractivity contribution is 0.557. The van der Waals surface area contributed by atoms with Crippen LogP contribution in [0.25, 0.3) is 0 Å². The number of nitrogens with one attached hydrogen (secondary N) is 2. The van der Waals surface area contributed by atoms with Crippen LogP contribution >= 0.6 is 11.8 Å². The van der Waals surface area contributed by atoms with E-state index in [1.807, 2.05) is 20.8 Å². The highest BCUT2D eigenvalue weighted by Gasteiger charge is 2.23. The molecule has 8 nitrogen and oxygen atoms in total. The quantitative estimate of drug-likeness (QED) is 0.631. The summed E-state index contributed by atoms with van der Waals surface area (Å²) in [4.78, 5) is 18.2. The average molecular weight is 291 g/mol. The summed E-state index contributed by atoms with van der Waals surface area (Å²) in [6, 6.07) is 2.11. The highest BCUT2D eigenvalue weighted by atomic mass is 32.2. The van der Waals surface area contributed by atoms with Crippen LogP contribution in [0.3, 0.4) is 0 Å². The first-order valence-corrected chi connectivity index (χ1v) is 6.80. The van der Waals surface area contributed by atoms with Crippen molar-refractivity contribution in [1.29, 1.82) is 5.26 Å². The van der Waals surface area contributed by atoms with E-state index in [0.29, 0.717) is 27.9 Å². The minimum atomic E-state index is -0.468. The summed E-state index contributed by atoms with van der Waals surface area (Å²) in [5, 5.41) is 23.1. The minimum absolute atomic E-state index is 0.353. The van der Waals surface area contributed by atoms with E-state index in [1.165, 1.54) is 11.8 Å². The maximum atomic E-state index is 11.6. The smallest absolute Gasteiger partial charge is 0.308 e. The van der Waals surface area contributed by atoms with Gasteiger partial charge in [0.15, 0.2) is 5.82 Å². The van der Waals surface area contributed by atoms with Crippen LogP contribution in [0.15, 0.2) is 9.82 Å². The third-order valence-electron chi connectivity index (χ3n) is 2.49. The predicted octanol–water partition coefficient (Wildman–Crippen LogP) is 0.744. The summed E-state index contributed by atoms with van der Waals surface area (Å²) < 4.78 is 0. The van der Waals surface area contributed by atoms with Gasteiger partial charge >= 0.3 is 5.69 Å². The fourth-order valence-corrected chi connectivity index (χ4v) is 2.43. The number of hydrogen-bond donors (Lipinski definition) is 2. The van der Waals surface area contributed by atoms with Gasteiger partial charge in [0, 0.05) is 11.1 Å². The third-order valence-corrected chi connectivity index (χ3v) is 3.46. The van der Waals surface area contributed by atoms with Crippen LogP contribution in [0.5, 0.6) is 0 Å². The van der Waals surface area contributed by atoms with Crippen molar-refractivity contribution in [3.8, 4) is 6.07 Å². The Bertz CT molecular complexity index is 693. The van der Waals surface area contributed by atoms with Crippen LogP contribution in [0.1, 0.15) is 37.9 Å². The van der Waals surface area contributed by atoms with E-state index < -0.39 is 5.69 Å². The van der Waals surface area contributed by atoms with Crippen LogP contribution in [-0.4, -0.2) is 30.6 Å². The second-order valence-electron chi connectivity index (χ2n) is 5.08. The van der Waals surface area contributed by atoms with Gasteiger partial charge in [-0.2, -0.15) is 15.5 Å². The Balaban J connectivity index is 2.40. The summed E-state index contributed by atoms with van der Waals surface area (Å²) in [6.07, 6.45) is 0. The molecule has 9 heteroatoms. The standard InChI is InChI=1S/C11H13N7OS/c1-11(2,3)8-6(4-12)9(14-10(19)13-8)20-5-7-15-17-18-16-7/h5H2,1-3H3,(H,13,14,19)(H,15,16,17,18). The van der Waals surface area contributed by atoms with Crippen molar-refractivity contribution in [2.75, 3.05) is 0 Å². The van der Waals surface area contributed by atoms with Crippen LogP contribution in [0.4, 0.5) is 0 Å². The molecule has 0 spiro atoms. The average Bonchev–Trinajstić information content (AvgIpc) is 2.87. The monoisotopic (exact) mass is 291 g/mol. The van der Waals surface area contributed by atoms with Gasteiger partial charge in [0.25, 0.3) is 0 Å². The van der Waals surface area contributed by atoms with Crippen LogP contribution in [0.2, 0.25) is 0 Å². The first kappa shape index (κ1) is 14.2. The van der Waals surface area contributed by atoms with Crippen LogP contribution < -0.4 is 5.69 Å². The van der Waals surface area contributed by atoms with Gasteiger partial charge in [-0.25, -0.2) is 4.79 Å². The van der Waals surface area contributed by atoms with E-state index in [4.69, 9.17) is 0 Å². The van der Waals surface area contributed by atoms with Gasteiger partial charge in [-0.15, -0.1) is 10.2 Å². The zero-order chi connectivity index (χ0) is 14.8. The van der Waals surface area contributed by atoms with E-state index in [9.17, 15) is 10.1 Å². The van der Waals surface area contributed by atoms with Crippen molar-refractivity contribution in [3.63, 3.8) is 0 Å². The maximum Gasteiger partial charge on any atom is 0.346 e. The van der Waals surface area contributed by atoms with E-state index in [1.54, 1.807) is 0 Å². The molecular weight excluding hydrogens is 278 g/mol. The summed E-state index contributed by atoms with van der Waals surface area (Å²) in [5.74, 6) is 0.865. The molecule has 0 bridgehead atoms. The zero-order valence-corrected chi connectivity index (χ0v) is 12.1. The topological polar surface area (TPSA) is 124 Å². The van der Waals surface area contributed by atoms with Gasteiger partial charge in [-0.3, -0.25) is 0 Å². The number of nitrogens with zero attached hydrogens (tertiary/aromatic N) is 5. The van der Waals surface area contributed by atoms with Crippen LogP contribution in [0, 0.1) is 11.3 Å². The van der Waals surface area contributed by atoms with Crippen molar-refractivity contribution in [3.05, 3.63) is 27.6 Å². The molecule has 0 saturated carbocycles. The molecule has 2 rings (SSSR count). The molecule has 0 atom stereocenters. The third kappa shape index (κ3) is 3.03. The number of thioether (sulfide) groups is 1. The molecule has 0 radical (unpaired) electrons. The molecule has 104 valence electrons. The molecule has 20 heavy (non-hydrogen) atoms. The van der Waals surface area contributed by atoms with Crippen LogP contribution in [-0.2, 0) is 11.2 Å². The molecule has 0 amide bonds. The van der Waals surface area contributed by atoms with Gasteiger partial charge in [-0.05, 0) is 0 Å². The lowest BCUT2D eigenvalue weighted by Gasteiger charge is -2.20. The molecule has 0 fully saturated rings. The molecule has 0 unspecified atom stereocenters. The van der Waals surface area contributed by atoms with E-state index in [-0.39, 0.29) is 5.41 Å². The molecule has 0 saturated heterocycles. The number of aromatic nitrogens is 6. The first-order valence-electron chi connectivity index (χ1n) is 5.82. The van der Waals surface area contributed by atoms with Crippen molar-refractivity contribution in [1.82, 2.24) is 30.6 Å². The molecule has 0 aliphatic rings. The second kappa shape index (κ2) is 5.42. The fraction of sp³-hybridized carbons (Fsp3) is 0.455. The molecule has 2 heterocycles. The molecule has 2 aromatic heterocycles. The predicted molar refractivity (Wildman–Crippen MR) is 72.0 cm³/mol. The second-order valence-corrected chi connectivity index (χ2v) is 6.04. The molecule has 0 aliphatic carbocycles. The van der Waals surface area contributed by atoms with Gasteiger partial charge in [-0.1, -0.05) is 37.7 Å². The highest BCUT2D eigenvalue weighted by molar-refractivity contribution is 7.98. The molecular formula is C11H13N7OS. The van der Waals surface area contributed by atoms with Crippen molar-refractivity contribution < 1.29 is 0 Å². The van der Waals surface area contributed by atoms with Gasteiger partial charge < -0.3 is 4.98 Å². The van der Waals surface area contributed by atoms with E-state index in [2.05, 4.69) is 36.7 Å². The Morgan fingerprint density at radius 3 is 2.70 bits per heavy atom. The normalized spacial score (nSPS) is 11.3. The van der Waals surface area contributed by atoms with E-state index >= 15 is 0 Å². The number of aromatic amines is 2. The Kier molecular flexibility index (Phi) is 3.85. The number of nitriles is 1. The number of tetrazole rings is 1. The van der Waals surface area contributed by atoms with Gasteiger partial charge in [0.05, 0.1) is 5.75 Å². The lowest BCUT2D eigenvalue weighted by atomic mass is 9.89. The Morgan fingerprint density at radius 2 is 2.15 bits per heavy atom. The molecule has 2 N–H and O–H groups in total. The van der Waals surface area contributed by atoms with Gasteiger partial charge in [0.2, 0.25) is 0 Å². The SMILES string of the molecule is CC(C)(C)c1[nH]c(=O)nc(SCc2nn[nH]n2)c1C#N. The van der Waals surface area contributed by atoms with Gasteiger partial charge in [0.1, 0.15) is 16.7 Å². The summed E-state index contributed by atoms with van der Waals surface area (Å²) in [7, 11) is 0. The Labute approximate surface area is 119 Å². The Hall–Kier alpha value is -2.21. The molecule has 0 aromatic carbocycles. The maximum absolute atomic E-state index is 11.6. The summed E-state index contributed by atoms with van der Waals surface area (Å²) in [5.41, 5.74) is 0.139. The number of H-pyrrole nitrogens is 2. The largest absolute Gasteiger partial charge is 0.346 e. The van der Waals surface area contributed by atoms with Crippen molar-refractivity contribution >= 4 is 11.8 Å². The summed E-state index contributed by atoms with van der Waals surface area (Å²) in [6.45, 7) is 5.77. The first-order chi connectivity index (χ1) is 9.41. The molecule has 2 aromatic rings. The number of rotatable bonds is 3. The Morgan fingerprint density at radius 1 is 1.40 bits per heavy atom. The minimum Gasteiger partial charge on any atom is -0.308 e. The fourth-order valence-electron chi connectivity index (χ4n) is 1.60. The lowest BCUT2D eigenvalue weighted by Crippen LogP contribution is -2.24. The summed E-state index contributed by atoms with van der Waals surface area (Å²) >= 11 is 1.24. The zero-order valence-electron chi connectivity index (χ0n) is 11.3.